The number of benzene rings is 2. The SMILES string of the molecule is FC(F)CN1Cc2ccccc2OC(c2ccc(Cl)cc2)C1. The Morgan fingerprint density at radius 1 is 1.14 bits per heavy atom. The number of hydrogen-bond donors (Lipinski definition) is 0. The Bertz CT molecular complexity index is 633. The molecule has 116 valence electrons. The van der Waals surface area contributed by atoms with Crippen molar-refractivity contribution in [3.8, 4) is 5.75 Å². The number of ether oxygens (including phenoxy) is 1. The van der Waals surface area contributed by atoms with Crippen molar-refractivity contribution in [2.45, 2.75) is 19.1 Å². The minimum Gasteiger partial charge on any atom is -0.484 e. The van der Waals surface area contributed by atoms with Gasteiger partial charge in [-0.1, -0.05) is 41.9 Å². The van der Waals surface area contributed by atoms with Crippen molar-refractivity contribution in [3.63, 3.8) is 0 Å². The Morgan fingerprint density at radius 3 is 2.59 bits per heavy atom. The average Bonchev–Trinajstić information content (AvgIpc) is 2.66. The lowest BCUT2D eigenvalue weighted by Crippen LogP contribution is -2.32. The van der Waals surface area contributed by atoms with Gasteiger partial charge in [-0.05, 0) is 23.8 Å². The van der Waals surface area contributed by atoms with Crippen LogP contribution in [0.25, 0.3) is 0 Å². The molecule has 0 bridgehead atoms. The molecule has 5 heteroatoms. The number of fused-ring (bicyclic) bond motifs is 1. The molecule has 0 saturated carbocycles. The fraction of sp³-hybridized carbons (Fsp3) is 0.294. The van der Waals surface area contributed by atoms with E-state index in [0.717, 1.165) is 16.9 Å². The molecule has 0 fully saturated rings. The Hall–Kier alpha value is -1.65. The van der Waals surface area contributed by atoms with Gasteiger partial charge < -0.3 is 4.74 Å². The van der Waals surface area contributed by atoms with Crippen molar-refractivity contribution in [3.05, 3.63) is 64.7 Å². The Kier molecular flexibility index (Phi) is 4.60. The van der Waals surface area contributed by atoms with E-state index in [1.165, 1.54) is 0 Å². The molecule has 0 aliphatic carbocycles. The Labute approximate surface area is 133 Å². The van der Waals surface area contributed by atoms with Gasteiger partial charge in [0.15, 0.2) is 0 Å². The molecule has 2 aromatic rings. The lowest BCUT2D eigenvalue weighted by atomic mass is 10.1. The summed E-state index contributed by atoms with van der Waals surface area (Å²) in [7, 11) is 0. The minimum absolute atomic E-state index is 0.262. The molecule has 1 aliphatic rings. The maximum absolute atomic E-state index is 12.8. The van der Waals surface area contributed by atoms with E-state index in [4.69, 9.17) is 16.3 Å². The summed E-state index contributed by atoms with van der Waals surface area (Å²) in [5.41, 5.74) is 1.86. The summed E-state index contributed by atoms with van der Waals surface area (Å²) in [5.74, 6) is 0.749. The first kappa shape index (κ1) is 15.3. The van der Waals surface area contributed by atoms with Crippen molar-refractivity contribution in [1.29, 1.82) is 0 Å². The van der Waals surface area contributed by atoms with Crippen LogP contribution < -0.4 is 4.74 Å². The highest BCUT2D eigenvalue weighted by atomic mass is 35.5. The first-order valence-corrected chi connectivity index (χ1v) is 7.50. The van der Waals surface area contributed by atoms with E-state index >= 15 is 0 Å². The van der Waals surface area contributed by atoms with Crippen LogP contribution in [0.4, 0.5) is 8.78 Å². The second kappa shape index (κ2) is 6.63. The van der Waals surface area contributed by atoms with Crippen LogP contribution in [0.1, 0.15) is 17.2 Å². The highest BCUT2D eigenvalue weighted by Crippen LogP contribution is 2.31. The zero-order valence-corrected chi connectivity index (χ0v) is 12.6. The molecule has 22 heavy (non-hydrogen) atoms. The molecule has 0 spiro atoms. The monoisotopic (exact) mass is 323 g/mol. The lowest BCUT2D eigenvalue weighted by molar-refractivity contribution is 0.0664. The first-order chi connectivity index (χ1) is 10.6. The van der Waals surface area contributed by atoms with Crippen LogP contribution in [0.15, 0.2) is 48.5 Å². The second-order valence-electron chi connectivity index (χ2n) is 5.35. The quantitative estimate of drug-likeness (QED) is 0.822. The summed E-state index contributed by atoms with van der Waals surface area (Å²) in [5, 5.41) is 0.641. The molecule has 0 radical (unpaired) electrons. The summed E-state index contributed by atoms with van der Waals surface area (Å²) in [6, 6.07) is 14.9. The topological polar surface area (TPSA) is 12.5 Å². The van der Waals surface area contributed by atoms with Crippen LogP contribution in [0.3, 0.4) is 0 Å². The molecule has 0 saturated heterocycles. The Morgan fingerprint density at radius 2 is 1.86 bits per heavy atom. The van der Waals surface area contributed by atoms with E-state index in [1.807, 2.05) is 36.4 Å². The zero-order valence-electron chi connectivity index (χ0n) is 11.9. The van der Waals surface area contributed by atoms with E-state index in [0.29, 0.717) is 18.1 Å². The highest BCUT2D eigenvalue weighted by molar-refractivity contribution is 6.30. The summed E-state index contributed by atoms with van der Waals surface area (Å²) >= 11 is 5.91. The third-order valence-electron chi connectivity index (χ3n) is 3.70. The molecule has 1 atom stereocenters. The van der Waals surface area contributed by atoms with Crippen LogP contribution in [0, 0.1) is 0 Å². The summed E-state index contributed by atoms with van der Waals surface area (Å²) in [6.07, 6.45) is -2.66. The van der Waals surface area contributed by atoms with Crippen LogP contribution in [-0.4, -0.2) is 24.4 Å². The third kappa shape index (κ3) is 3.57. The normalized spacial score (nSPS) is 18.6. The predicted molar refractivity (Wildman–Crippen MR) is 82.5 cm³/mol. The maximum Gasteiger partial charge on any atom is 0.251 e. The van der Waals surface area contributed by atoms with Gasteiger partial charge in [-0.2, -0.15) is 0 Å². The molecule has 2 aromatic carbocycles. The molecule has 0 aromatic heterocycles. The summed E-state index contributed by atoms with van der Waals surface area (Å²) in [4.78, 5) is 1.73. The minimum atomic E-state index is -2.36. The fourth-order valence-corrected chi connectivity index (χ4v) is 2.79. The van der Waals surface area contributed by atoms with Gasteiger partial charge in [0.1, 0.15) is 11.9 Å². The molecule has 3 rings (SSSR count). The van der Waals surface area contributed by atoms with Gasteiger partial charge in [0.05, 0.1) is 6.54 Å². The Balaban J connectivity index is 1.91. The molecule has 0 amide bonds. The molecular weight excluding hydrogens is 308 g/mol. The van der Waals surface area contributed by atoms with Crippen molar-refractivity contribution < 1.29 is 13.5 Å². The maximum atomic E-state index is 12.8. The van der Waals surface area contributed by atoms with Gasteiger partial charge in [0.25, 0.3) is 6.43 Å². The van der Waals surface area contributed by atoms with Gasteiger partial charge in [0.2, 0.25) is 0 Å². The summed E-state index contributed by atoms with van der Waals surface area (Å²) < 4.78 is 31.7. The highest BCUT2D eigenvalue weighted by Gasteiger charge is 2.25. The number of nitrogens with zero attached hydrogens (tertiary/aromatic N) is 1. The molecule has 0 N–H and O–H groups in total. The van der Waals surface area contributed by atoms with Crippen LogP contribution in [0.5, 0.6) is 5.75 Å². The van der Waals surface area contributed by atoms with Gasteiger partial charge in [-0.25, -0.2) is 8.78 Å². The van der Waals surface area contributed by atoms with E-state index in [-0.39, 0.29) is 12.6 Å². The van der Waals surface area contributed by atoms with Gasteiger partial charge in [0, 0.05) is 23.7 Å². The number of alkyl halides is 2. The smallest absolute Gasteiger partial charge is 0.251 e. The number of rotatable bonds is 3. The van der Waals surface area contributed by atoms with Crippen LogP contribution in [0.2, 0.25) is 5.02 Å². The molecule has 1 heterocycles. The zero-order chi connectivity index (χ0) is 15.5. The molecule has 1 unspecified atom stereocenters. The third-order valence-corrected chi connectivity index (χ3v) is 3.95. The fourth-order valence-electron chi connectivity index (χ4n) is 2.67. The molecule has 2 nitrogen and oxygen atoms in total. The first-order valence-electron chi connectivity index (χ1n) is 7.12. The van der Waals surface area contributed by atoms with E-state index < -0.39 is 6.43 Å². The predicted octanol–water partition coefficient (Wildman–Crippen LogP) is 4.54. The average molecular weight is 324 g/mol. The van der Waals surface area contributed by atoms with Crippen molar-refractivity contribution in [1.82, 2.24) is 4.90 Å². The van der Waals surface area contributed by atoms with E-state index in [2.05, 4.69) is 0 Å². The van der Waals surface area contributed by atoms with Gasteiger partial charge in [-0.3, -0.25) is 4.90 Å². The molecular formula is C17H16ClF2NO. The van der Waals surface area contributed by atoms with E-state index in [1.54, 1.807) is 17.0 Å². The number of para-hydroxylation sites is 1. The lowest BCUT2D eigenvalue weighted by Gasteiger charge is -2.23. The summed E-state index contributed by atoms with van der Waals surface area (Å²) in [6.45, 7) is 0.618. The standard InChI is InChI=1S/C17H16ClF2NO/c18-14-7-5-12(6-8-14)16-10-21(11-17(19)20)9-13-3-1-2-4-15(13)22-16/h1-8,16-17H,9-11H2. The van der Waals surface area contributed by atoms with Crippen LogP contribution >= 0.6 is 11.6 Å². The largest absolute Gasteiger partial charge is 0.484 e. The van der Waals surface area contributed by atoms with Gasteiger partial charge in [-0.15, -0.1) is 0 Å². The number of hydrogen-bond acceptors (Lipinski definition) is 2. The van der Waals surface area contributed by atoms with Crippen molar-refractivity contribution in [2.24, 2.45) is 0 Å². The van der Waals surface area contributed by atoms with Crippen molar-refractivity contribution >= 4 is 11.6 Å². The molecule has 1 aliphatic heterocycles. The van der Waals surface area contributed by atoms with Crippen LogP contribution in [-0.2, 0) is 6.54 Å². The van der Waals surface area contributed by atoms with Gasteiger partial charge >= 0.3 is 0 Å². The number of halogens is 3. The van der Waals surface area contributed by atoms with Crippen molar-refractivity contribution in [2.75, 3.05) is 13.1 Å². The van der Waals surface area contributed by atoms with E-state index in [9.17, 15) is 8.78 Å². The second-order valence-corrected chi connectivity index (χ2v) is 5.79.